The van der Waals surface area contributed by atoms with Crippen molar-refractivity contribution in [1.82, 2.24) is 0 Å². The van der Waals surface area contributed by atoms with Gasteiger partial charge >= 0.3 is 5.97 Å². The number of thiophene rings is 1. The molecular weight excluding hydrogens is 378 g/mol. The van der Waals surface area contributed by atoms with E-state index in [1.165, 1.54) is 22.1 Å². The Morgan fingerprint density at radius 2 is 1.86 bits per heavy atom. The standard InChI is InChI=1S/C25H31NO2S/c1-5-6-13-26-21-11-12-23-19(14-21)15-22(29-23)16-25(4,24(27)28)20-9-7-18(8-10-20)17(2)3/h7-12,14-15,17,26H,5-6,13,16H2,1-4H3,(H,27,28). The molecule has 1 unspecified atom stereocenters. The van der Waals surface area contributed by atoms with Crippen LogP contribution in [0.3, 0.4) is 0 Å². The number of hydrogen-bond acceptors (Lipinski definition) is 3. The van der Waals surface area contributed by atoms with E-state index in [1.54, 1.807) is 11.3 Å². The van der Waals surface area contributed by atoms with Gasteiger partial charge in [-0.1, -0.05) is 51.5 Å². The zero-order valence-corrected chi connectivity index (χ0v) is 18.6. The fourth-order valence-corrected chi connectivity index (χ4v) is 4.79. The molecule has 2 N–H and O–H groups in total. The van der Waals surface area contributed by atoms with Crippen molar-refractivity contribution in [3.8, 4) is 0 Å². The summed E-state index contributed by atoms with van der Waals surface area (Å²) in [4.78, 5) is 13.4. The molecule has 1 aromatic heterocycles. The highest BCUT2D eigenvalue weighted by molar-refractivity contribution is 7.19. The molecule has 0 saturated carbocycles. The molecule has 3 aromatic rings. The van der Waals surface area contributed by atoms with Gasteiger partial charge in [0.15, 0.2) is 0 Å². The van der Waals surface area contributed by atoms with Crippen molar-refractivity contribution < 1.29 is 9.90 Å². The van der Waals surface area contributed by atoms with E-state index in [1.807, 2.05) is 19.1 Å². The number of nitrogens with one attached hydrogen (secondary N) is 1. The lowest BCUT2D eigenvalue weighted by molar-refractivity contribution is -0.143. The Hall–Kier alpha value is -2.33. The number of hydrogen-bond donors (Lipinski definition) is 2. The molecule has 3 rings (SSSR count). The first-order valence-corrected chi connectivity index (χ1v) is 11.3. The molecule has 0 radical (unpaired) electrons. The van der Waals surface area contributed by atoms with Crippen LogP contribution in [0.1, 0.15) is 62.5 Å². The molecule has 3 nitrogen and oxygen atoms in total. The highest BCUT2D eigenvalue weighted by Crippen LogP contribution is 2.35. The van der Waals surface area contributed by atoms with Gasteiger partial charge in [-0.05, 0) is 60.0 Å². The number of carbonyl (C=O) groups is 1. The molecule has 4 heteroatoms. The predicted molar refractivity (Wildman–Crippen MR) is 124 cm³/mol. The summed E-state index contributed by atoms with van der Waals surface area (Å²) in [6, 6.07) is 16.6. The maximum atomic E-state index is 12.3. The second kappa shape index (κ2) is 9.00. The summed E-state index contributed by atoms with van der Waals surface area (Å²) >= 11 is 1.69. The van der Waals surface area contributed by atoms with Crippen LogP contribution in [0.5, 0.6) is 0 Å². The van der Waals surface area contributed by atoms with Crippen molar-refractivity contribution >= 4 is 33.1 Å². The van der Waals surface area contributed by atoms with E-state index >= 15 is 0 Å². The molecule has 0 aliphatic rings. The van der Waals surface area contributed by atoms with Crippen molar-refractivity contribution in [3.05, 3.63) is 64.5 Å². The van der Waals surface area contributed by atoms with Gasteiger partial charge in [0, 0.05) is 28.2 Å². The van der Waals surface area contributed by atoms with Crippen molar-refractivity contribution in [2.45, 2.75) is 58.3 Å². The quantitative estimate of drug-likeness (QED) is 0.381. The van der Waals surface area contributed by atoms with Crippen LogP contribution in [-0.2, 0) is 16.6 Å². The van der Waals surface area contributed by atoms with Gasteiger partial charge in [-0.25, -0.2) is 0 Å². The summed E-state index contributed by atoms with van der Waals surface area (Å²) in [6.45, 7) is 9.29. The number of fused-ring (bicyclic) bond motifs is 1. The van der Waals surface area contributed by atoms with Gasteiger partial charge in [0.25, 0.3) is 0 Å². The van der Waals surface area contributed by atoms with Gasteiger partial charge in [-0.15, -0.1) is 11.3 Å². The first-order valence-electron chi connectivity index (χ1n) is 10.4. The van der Waals surface area contributed by atoms with Gasteiger partial charge in [0.05, 0.1) is 5.41 Å². The number of anilines is 1. The third-order valence-corrected chi connectivity index (χ3v) is 6.76. The minimum absolute atomic E-state index is 0.433. The minimum atomic E-state index is -0.946. The summed E-state index contributed by atoms with van der Waals surface area (Å²) in [6.07, 6.45) is 2.81. The molecule has 0 aliphatic heterocycles. The molecule has 2 aromatic carbocycles. The molecule has 0 bridgehead atoms. The van der Waals surface area contributed by atoms with Crippen molar-refractivity contribution in [1.29, 1.82) is 0 Å². The van der Waals surface area contributed by atoms with Gasteiger partial charge in [0.2, 0.25) is 0 Å². The van der Waals surface area contributed by atoms with E-state index in [0.29, 0.717) is 12.3 Å². The highest BCUT2D eigenvalue weighted by Gasteiger charge is 2.36. The van der Waals surface area contributed by atoms with E-state index in [2.05, 4.69) is 62.5 Å². The first kappa shape index (κ1) is 21.4. The minimum Gasteiger partial charge on any atom is -0.481 e. The molecule has 0 aliphatic carbocycles. The SMILES string of the molecule is CCCCNc1ccc2sc(CC(C)(C(=O)O)c3ccc(C(C)C)cc3)cc2c1. The Kier molecular flexibility index (Phi) is 6.63. The maximum absolute atomic E-state index is 12.3. The van der Waals surface area contributed by atoms with E-state index < -0.39 is 11.4 Å². The zero-order valence-electron chi connectivity index (χ0n) is 17.8. The van der Waals surface area contributed by atoms with E-state index in [4.69, 9.17) is 0 Å². The molecule has 0 fully saturated rings. The fraction of sp³-hybridized carbons (Fsp3) is 0.400. The Labute approximate surface area is 177 Å². The third-order valence-electron chi connectivity index (χ3n) is 5.64. The lowest BCUT2D eigenvalue weighted by Crippen LogP contribution is -2.34. The Morgan fingerprint density at radius 1 is 1.14 bits per heavy atom. The number of carboxylic acid groups (broad SMARTS) is 1. The summed E-state index contributed by atoms with van der Waals surface area (Å²) in [7, 11) is 0. The first-order chi connectivity index (χ1) is 13.8. The molecule has 0 amide bonds. The molecule has 0 spiro atoms. The van der Waals surface area contributed by atoms with Crippen LogP contribution in [0.25, 0.3) is 10.1 Å². The summed E-state index contributed by atoms with van der Waals surface area (Å²) in [5, 5.41) is 14.7. The van der Waals surface area contributed by atoms with Gasteiger partial charge in [-0.3, -0.25) is 4.79 Å². The summed E-state index contributed by atoms with van der Waals surface area (Å²) in [5.74, 6) is -0.350. The summed E-state index contributed by atoms with van der Waals surface area (Å²) < 4.78 is 1.20. The normalized spacial score (nSPS) is 13.6. The van der Waals surface area contributed by atoms with Crippen LogP contribution in [0, 0.1) is 0 Å². The van der Waals surface area contributed by atoms with Crippen molar-refractivity contribution in [2.75, 3.05) is 11.9 Å². The van der Waals surface area contributed by atoms with Crippen LogP contribution >= 0.6 is 11.3 Å². The van der Waals surface area contributed by atoms with Gasteiger partial charge in [0.1, 0.15) is 0 Å². The average Bonchev–Trinajstić information content (AvgIpc) is 3.09. The van der Waals surface area contributed by atoms with Crippen molar-refractivity contribution in [3.63, 3.8) is 0 Å². The monoisotopic (exact) mass is 409 g/mol. The van der Waals surface area contributed by atoms with Crippen LogP contribution in [0.2, 0.25) is 0 Å². The molecule has 1 heterocycles. The second-order valence-corrected chi connectivity index (χ2v) is 9.50. The predicted octanol–water partition coefficient (Wildman–Crippen LogP) is 6.82. The van der Waals surface area contributed by atoms with Gasteiger partial charge in [-0.2, -0.15) is 0 Å². The zero-order chi connectivity index (χ0) is 21.0. The Bertz CT molecular complexity index is 974. The van der Waals surface area contributed by atoms with E-state index in [-0.39, 0.29) is 0 Å². The fourth-order valence-electron chi connectivity index (χ4n) is 3.59. The maximum Gasteiger partial charge on any atom is 0.314 e. The molecule has 29 heavy (non-hydrogen) atoms. The largest absolute Gasteiger partial charge is 0.481 e. The van der Waals surface area contributed by atoms with Crippen molar-refractivity contribution in [2.24, 2.45) is 0 Å². The Balaban J connectivity index is 1.86. The van der Waals surface area contributed by atoms with E-state index in [9.17, 15) is 9.90 Å². The number of aliphatic carboxylic acids is 1. The highest BCUT2D eigenvalue weighted by atomic mass is 32.1. The van der Waals surface area contributed by atoms with E-state index in [0.717, 1.165) is 29.1 Å². The lowest BCUT2D eigenvalue weighted by Gasteiger charge is -2.25. The topological polar surface area (TPSA) is 49.3 Å². The molecular formula is C25H31NO2S. The number of unbranched alkanes of at least 4 members (excludes halogenated alkanes) is 1. The van der Waals surface area contributed by atoms with Gasteiger partial charge < -0.3 is 10.4 Å². The smallest absolute Gasteiger partial charge is 0.314 e. The van der Waals surface area contributed by atoms with Crippen LogP contribution in [0.15, 0.2) is 48.5 Å². The Morgan fingerprint density at radius 3 is 2.48 bits per heavy atom. The second-order valence-electron chi connectivity index (χ2n) is 8.34. The lowest BCUT2D eigenvalue weighted by atomic mass is 9.78. The van der Waals surface area contributed by atoms with Crippen LogP contribution in [0.4, 0.5) is 5.69 Å². The third kappa shape index (κ3) is 4.81. The molecule has 0 saturated heterocycles. The number of benzene rings is 2. The van der Waals surface area contributed by atoms with Crippen LogP contribution in [-0.4, -0.2) is 17.6 Å². The molecule has 1 atom stereocenters. The number of carboxylic acids is 1. The summed E-state index contributed by atoms with van der Waals surface area (Å²) in [5.41, 5.74) is 2.26. The average molecular weight is 410 g/mol. The van der Waals surface area contributed by atoms with Crippen LogP contribution < -0.4 is 5.32 Å². The molecule has 154 valence electrons. The number of rotatable bonds is 9.